The Morgan fingerprint density at radius 3 is 1.75 bits per heavy atom. The van der Waals surface area contributed by atoms with Crippen LogP contribution in [0.1, 0.15) is 59.3 Å². The molecule has 0 heterocycles. The van der Waals surface area contributed by atoms with Crippen LogP contribution < -0.4 is 0 Å². The Bertz CT molecular complexity index is 86.9. The number of alkyl halides is 1. The van der Waals surface area contributed by atoms with Crippen LogP contribution in [0.3, 0.4) is 0 Å². The van der Waals surface area contributed by atoms with Gasteiger partial charge in [0.2, 0.25) is 0 Å². The van der Waals surface area contributed by atoms with Gasteiger partial charge in [0.05, 0.1) is 0 Å². The summed E-state index contributed by atoms with van der Waals surface area (Å²) in [5.74, 6) is 0. The Morgan fingerprint density at radius 2 is 1.42 bits per heavy atom. The molecule has 0 radical (unpaired) electrons. The summed E-state index contributed by atoms with van der Waals surface area (Å²) < 4.78 is 0. The molecule has 0 aliphatic heterocycles. The van der Waals surface area contributed by atoms with Gasteiger partial charge >= 0.3 is 0 Å². The van der Waals surface area contributed by atoms with E-state index in [2.05, 4.69) is 36.7 Å². The zero-order valence-corrected chi connectivity index (χ0v) is 10.4. The molecule has 0 aromatic rings. The fraction of sp³-hybridized carbons (Fsp3) is 1.00. The topological polar surface area (TPSA) is 0 Å². The third-order valence-electron chi connectivity index (χ3n) is 3.34. The summed E-state index contributed by atoms with van der Waals surface area (Å²) in [6, 6.07) is 0. The van der Waals surface area contributed by atoms with Crippen LogP contribution in [0.15, 0.2) is 0 Å². The molecule has 0 bridgehead atoms. The quantitative estimate of drug-likeness (QED) is 0.440. The van der Waals surface area contributed by atoms with E-state index in [0.29, 0.717) is 5.41 Å². The molecule has 0 fully saturated rings. The van der Waals surface area contributed by atoms with Crippen LogP contribution in [0.25, 0.3) is 0 Å². The average Bonchev–Trinajstić information content (AvgIpc) is 2.14. The first-order valence-electron chi connectivity index (χ1n) is 5.30. The van der Waals surface area contributed by atoms with Crippen LogP contribution in [0.2, 0.25) is 0 Å². The molecule has 0 amide bonds. The van der Waals surface area contributed by atoms with E-state index in [9.17, 15) is 0 Å². The van der Waals surface area contributed by atoms with Gasteiger partial charge in [-0.15, -0.1) is 0 Å². The van der Waals surface area contributed by atoms with Crippen molar-refractivity contribution in [3.05, 3.63) is 0 Å². The molecule has 74 valence electrons. The Balaban J connectivity index is 3.76. The summed E-state index contributed by atoms with van der Waals surface area (Å²) in [6.07, 6.45) is 8.19. The van der Waals surface area contributed by atoms with E-state index < -0.39 is 0 Å². The fourth-order valence-corrected chi connectivity index (χ4v) is 2.27. The first-order chi connectivity index (χ1) is 5.74. The van der Waals surface area contributed by atoms with Crippen LogP contribution in [-0.2, 0) is 0 Å². The van der Waals surface area contributed by atoms with E-state index >= 15 is 0 Å². The van der Waals surface area contributed by atoms with Gasteiger partial charge in [0.25, 0.3) is 0 Å². The van der Waals surface area contributed by atoms with Gasteiger partial charge in [-0.05, 0) is 18.3 Å². The predicted molar refractivity (Wildman–Crippen MR) is 61.0 cm³/mol. The third kappa shape index (κ3) is 3.93. The highest BCUT2D eigenvalue weighted by Crippen LogP contribution is 2.35. The summed E-state index contributed by atoms with van der Waals surface area (Å²) in [6.45, 7) is 7.00. The molecule has 12 heavy (non-hydrogen) atoms. The van der Waals surface area contributed by atoms with Gasteiger partial charge in [-0.2, -0.15) is 0 Å². The van der Waals surface area contributed by atoms with Crippen LogP contribution in [0, 0.1) is 5.41 Å². The van der Waals surface area contributed by atoms with Crippen molar-refractivity contribution >= 4 is 15.9 Å². The monoisotopic (exact) mass is 234 g/mol. The van der Waals surface area contributed by atoms with Crippen LogP contribution in [0.5, 0.6) is 0 Å². The SMILES string of the molecule is CCC(CC)(CC)CCCCBr. The molecule has 0 aliphatic rings. The second-order valence-electron chi connectivity index (χ2n) is 3.71. The van der Waals surface area contributed by atoms with Crippen LogP contribution >= 0.6 is 15.9 Å². The minimum atomic E-state index is 0.655. The summed E-state index contributed by atoms with van der Waals surface area (Å²) in [4.78, 5) is 0. The van der Waals surface area contributed by atoms with Crippen molar-refractivity contribution in [3.8, 4) is 0 Å². The molecule has 0 nitrogen and oxygen atoms in total. The lowest BCUT2D eigenvalue weighted by atomic mass is 9.76. The minimum absolute atomic E-state index is 0.655. The van der Waals surface area contributed by atoms with Gasteiger partial charge in [0, 0.05) is 5.33 Å². The molecule has 1 heteroatoms. The molecule has 0 saturated heterocycles. The van der Waals surface area contributed by atoms with Gasteiger partial charge in [0.15, 0.2) is 0 Å². The van der Waals surface area contributed by atoms with Gasteiger partial charge in [-0.25, -0.2) is 0 Å². The molecule has 0 saturated carbocycles. The van der Waals surface area contributed by atoms with E-state index in [1.807, 2.05) is 0 Å². The molecule has 0 aromatic carbocycles. The number of hydrogen-bond donors (Lipinski definition) is 0. The fourth-order valence-electron chi connectivity index (χ4n) is 1.87. The second-order valence-corrected chi connectivity index (χ2v) is 4.50. The Kier molecular flexibility index (Phi) is 7.22. The molecule has 0 rings (SSSR count). The predicted octanol–water partition coefficient (Wildman–Crippen LogP) is 4.77. The molecular weight excluding hydrogens is 212 g/mol. The Labute approximate surface area is 86.3 Å². The van der Waals surface area contributed by atoms with Gasteiger partial charge in [-0.1, -0.05) is 62.4 Å². The summed E-state index contributed by atoms with van der Waals surface area (Å²) >= 11 is 3.48. The maximum absolute atomic E-state index is 3.48. The number of rotatable bonds is 7. The molecular formula is C11H23Br. The largest absolute Gasteiger partial charge is 0.0928 e. The van der Waals surface area contributed by atoms with Crippen molar-refractivity contribution in [2.75, 3.05) is 5.33 Å². The van der Waals surface area contributed by atoms with Crippen LogP contribution in [-0.4, -0.2) is 5.33 Å². The Hall–Kier alpha value is 0.480. The van der Waals surface area contributed by atoms with Crippen molar-refractivity contribution in [2.24, 2.45) is 5.41 Å². The number of halogens is 1. The summed E-state index contributed by atoms with van der Waals surface area (Å²) in [5, 5.41) is 1.17. The van der Waals surface area contributed by atoms with Gasteiger partial charge in [-0.3, -0.25) is 0 Å². The third-order valence-corrected chi connectivity index (χ3v) is 3.90. The van der Waals surface area contributed by atoms with E-state index in [1.54, 1.807) is 0 Å². The number of unbranched alkanes of at least 4 members (excludes halogenated alkanes) is 1. The first-order valence-corrected chi connectivity index (χ1v) is 6.42. The molecule has 0 atom stereocenters. The van der Waals surface area contributed by atoms with Crippen molar-refractivity contribution < 1.29 is 0 Å². The summed E-state index contributed by atoms with van der Waals surface area (Å²) in [7, 11) is 0. The lowest BCUT2D eigenvalue weighted by Gasteiger charge is -2.30. The first kappa shape index (κ1) is 12.5. The number of hydrogen-bond acceptors (Lipinski definition) is 0. The van der Waals surface area contributed by atoms with E-state index in [0.717, 1.165) is 0 Å². The highest BCUT2D eigenvalue weighted by atomic mass is 79.9. The minimum Gasteiger partial charge on any atom is -0.0928 e. The van der Waals surface area contributed by atoms with Crippen molar-refractivity contribution in [2.45, 2.75) is 59.3 Å². The highest BCUT2D eigenvalue weighted by molar-refractivity contribution is 9.09. The maximum Gasteiger partial charge on any atom is 0.00313 e. The average molecular weight is 235 g/mol. The van der Waals surface area contributed by atoms with Crippen molar-refractivity contribution in [1.82, 2.24) is 0 Å². The van der Waals surface area contributed by atoms with Crippen LogP contribution in [0.4, 0.5) is 0 Å². The molecule has 0 aromatic heterocycles. The molecule has 0 unspecified atom stereocenters. The van der Waals surface area contributed by atoms with E-state index in [4.69, 9.17) is 0 Å². The van der Waals surface area contributed by atoms with Crippen molar-refractivity contribution in [1.29, 1.82) is 0 Å². The molecule has 0 spiro atoms. The molecule has 0 N–H and O–H groups in total. The van der Waals surface area contributed by atoms with E-state index in [-0.39, 0.29) is 0 Å². The summed E-state index contributed by atoms with van der Waals surface area (Å²) in [5.41, 5.74) is 0.655. The Morgan fingerprint density at radius 1 is 0.917 bits per heavy atom. The smallest absolute Gasteiger partial charge is 0.00313 e. The van der Waals surface area contributed by atoms with Crippen molar-refractivity contribution in [3.63, 3.8) is 0 Å². The normalized spacial score (nSPS) is 12.0. The second kappa shape index (κ2) is 6.94. The maximum atomic E-state index is 3.48. The zero-order valence-electron chi connectivity index (χ0n) is 8.83. The zero-order chi connectivity index (χ0) is 9.45. The van der Waals surface area contributed by atoms with Gasteiger partial charge < -0.3 is 0 Å². The molecule has 0 aliphatic carbocycles. The lowest BCUT2D eigenvalue weighted by Crippen LogP contribution is -2.17. The standard InChI is InChI=1S/C11H23Br/c1-4-11(5-2,6-3)9-7-8-10-12/h4-10H2,1-3H3. The van der Waals surface area contributed by atoms with Gasteiger partial charge in [0.1, 0.15) is 0 Å². The lowest BCUT2D eigenvalue weighted by molar-refractivity contribution is 0.222. The highest BCUT2D eigenvalue weighted by Gasteiger charge is 2.22. The van der Waals surface area contributed by atoms with E-state index in [1.165, 1.54) is 43.9 Å².